The summed E-state index contributed by atoms with van der Waals surface area (Å²) in [6, 6.07) is 0. The van der Waals surface area contributed by atoms with Crippen LogP contribution in [0.4, 0.5) is 0 Å². The van der Waals surface area contributed by atoms with Crippen LogP contribution in [0.15, 0.2) is 12.2 Å². The smallest absolute Gasteiger partial charge is 0.310 e. The zero-order valence-corrected chi connectivity index (χ0v) is 11.1. The van der Waals surface area contributed by atoms with Gasteiger partial charge >= 0.3 is 5.97 Å². The van der Waals surface area contributed by atoms with Crippen LogP contribution in [-0.4, -0.2) is 30.6 Å². The van der Waals surface area contributed by atoms with E-state index in [1.807, 2.05) is 13.8 Å². The fraction of sp³-hybridized carbons (Fsp3) is 0.786. The molecule has 3 atom stereocenters. The van der Waals surface area contributed by atoms with Gasteiger partial charge in [0.15, 0.2) is 6.29 Å². The van der Waals surface area contributed by atoms with Crippen molar-refractivity contribution >= 4 is 5.97 Å². The minimum Gasteiger partial charge on any atom is -0.481 e. The highest BCUT2D eigenvalue weighted by molar-refractivity contribution is 5.76. The van der Waals surface area contributed by atoms with E-state index in [0.717, 1.165) is 18.4 Å². The molecule has 0 aromatic rings. The van der Waals surface area contributed by atoms with Gasteiger partial charge in [0.1, 0.15) is 0 Å². The minimum absolute atomic E-state index is 0.0257. The summed E-state index contributed by atoms with van der Waals surface area (Å²) in [7, 11) is 0. The number of hydrogen-bond donors (Lipinski definition) is 1. The van der Waals surface area contributed by atoms with Crippen molar-refractivity contribution in [2.75, 3.05) is 13.2 Å². The summed E-state index contributed by atoms with van der Waals surface area (Å²) >= 11 is 0. The first-order chi connectivity index (χ1) is 8.48. The van der Waals surface area contributed by atoms with Crippen LogP contribution < -0.4 is 0 Å². The van der Waals surface area contributed by atoms with Crippen LogP contribution in [0.5, 0.6) is 0 Å². The highest BCUT2D eigenvalue weighted by atomic mass is 16.7. The maximum absolute atomic E-state index is 11.9. The van der Waals surface area contributed by atoms with E-state index < -0.39 is 11.4 Å². The molecule has 0 aromatic heterocycles. The molecule has 1 saturated carbocycles. The molecule has 0 aromatic carbocycles. The third kappa shape index (κ3) is 2.08. The van der Waals surface area contributed by atoms with Gasteiger partial charge in [-0.15, -0.1) is 0 Å². The van der Waals surface area contributed by atoms with Crippen molar-refractivity contribution in [1.29, 1.82) is 0 Å². The van der Waals surface area contributed by atoms with Crippen LogP contribution in [0.3, 0.4) is 0 Å². The Morgan fingerprint density at radius 2 is 2.00 bits per heavy atom. The number of ether oxygens (including phenoxy) is 2. The lowest BCUT2D eigenvalue weighted by atomic mass is 9.68. The Morgan fingerprint density at radius 3 is 2.50 bits per heavy atom. The van der Waals surface area contributed by atoms with Crippen molar-refractivity contribution in [3.8, 4) is 0 Å². The first-order valence-electron chi connectivity index (χ1n) is 6.60. The van der Waals surface area contributed by atoms with Crippen molar-refractivity contribution < 1.29 is 19.4 Å². The van der Waals surface area contributed by atoms with Crippen LogP contribution >= 0.6 is 0 Å². The number of hydrogen-bond acceptors (Lipinski definition) is 3. The lowest BCUT2D eigenvalue weighted by molar-refractivity contribution is -0.162. The first-order valence-corrected chi connectivity index (χ1v) is 6.60. The molecule has 2 aliphatic rings. The monoisotopic (exact) mass is 254 g/mol. The molecule has 4 heteroatoms. The van der Waals surface area contributed by atoms with Gasteiger partial charge in [0.05, 0.1) is 18.6 Å². The Kier molecular flexibility index (Phi) is 3.78. The number of carbonyl (C=O) groups is 1. The standard InChI is InChI=1S/C14H22O4/c1-9(2)11-5-4-10(3)14(11,13(15)16)8-12-17-6-7-18-12/h10-12H,1,4-8H2,2-3H3,(H,15,16)/t10-,11-,14-/m1/s1. The molecule has 1 saturated heterocycles. The normalized spacial score (nSPS) is 37.0. The highest BCUT2D eigenvalue weighted by Crippen LogP contribution is 2.54. The van der Waals surface area contributed by atoms with Crippen LogP contribution in [0, 0.1) is 17.3 Å². The molecular formula is C14H22O4. The zero-order chi connectivity index (χ0) is 13.3. The molecule has 1 N–H and O–H groups in total. The molecule has 0 unspecified atom stereocenters. The molecule has 102 valence electrons. The van der Waals surface area contributed by atoms with Crippen LogP contribution in [0.1, 0.15) is 33.1 Å². The Labute approximate surface area is 108 Å². The van der Waals surface area contributed by atoms with Crippen molar-refractivity contribution in [2.24, 2.45) is 17.3 Å². The average Bonchev–Trinajstić information content (AvgIpc) is 2.88. The van der Waals surface area contributed by atoms with Gasteiger partial charge in [-0.3, -0.25) is 4.79 Å². The van der Waals surface area contributed by atoms with Crippen LogP contribution in [0.25, 0.3) is 0 Å². The van der Waals surface area contributed by atoms with Gasteiger partial charge in [0.2, 0.25) is 0 Å². The zero-order valence-electron chi connectivity index (χ0n) is 11.1. The molecule has 1 aliphatic heterocycles. The average molecular weight is 254 g/mol. The molecule has 0 amide bonds. The number of aliphatic carboxylic acids is 1. The third-order valence-corrected chi connectivity index (χ3v) is 4.58. The molecule has 2 rings (SSSR count). The van der Waals surface area contributed by atoms with E-state index >= 15 is 0 Å². The SMILES string of the molecule is C=C(C)[C@H]1CC[C@@H](C)[C@@]1(CC1OCCO1)C(=O)O. The van der Waals surface area contributed by atoms with E-state index in [-0.39, 0.29) is 18.1 Å². The van der Waals surface area contributed by atoms with Gasteiger partial charge in [-0.05, 0) is 31.6 Å². The van der Waals surface area contributed by atoms with Gasteiger partial charge in [-0.2, -0.15) is 0 Å². The van der Waals surface area contributed by atoms with E-state index in [1.54, 1.807) is 0 Å². The van der Waals surface area contributed by atoms with Gasteiger partial charge in [0.25, 0.3) is 0 Å². The summed E-state index contributed by atoms with van der Waals surface area (Å²) in [6.07, 6.45) is 1.89. The van der Waals surface area contributed by atoms with Gasteiger partial charge < -0.3 is 14.6 Å². The second-order valence-corrected chi connectivity index (χ2v) is 5.60. The predicted octanol–water partition coefficient (Wildman–Crippen LogP) is 2.44. The third-order valence-electron chi connectivity index (χ3n) is 4.58. The molecule has 0 radical (unpaired) electrons. The fourth-order valence-electron chi connectivity index (χ4n) is 3.55. The Hall–Kier alpha value is -0.870. The van der Waals surface area contributed by atoms with Crippen molar-refractivity contribution in [2.45, 2.75) is 39.4 Å². The van der Waals surface area contributed by atoms with E-state index in [0.29, 0.717) is 19.6 Å². The summed E-state index contributed by atoms with van der Waals surface area (Å²) in [5.41, 5.74) is 0.181. The first kappa shape index (κ1) is 13.6. The number of carboxylic acid groups (broad SMARTS) is 1. The topological polar surface area (TPSA) is 55.8 Å². The predicted molar refractivity (Wildman–Crippen MR) is 67.1 cm³/mol. The highest BCUT2D eigenvalue weighted by Gasteiger charge is 2.55. The molecule has 0 bridgehead atoms. The molecule has 0 spiro atoms. The summed E-state index contributed by atoms with van der Waals surface area (Å²) in [5, 5.41) is 9.76. The van der Waals surface area contributed by atoms with Crippen molar-refractivity contribution in [3.63, 3.8) is 0 Å². The molecular weight excluding hydrogens is 232 g/mol. The molecule has 4 nitrogen and oxygen atoms in total. The Bertz CT molecular complexity index is 346. The van der Waals surface area contributed by atoms with E-state index in [9.17, 15) is 9.90 Å². The van der Waals surface area contributed by atoms with Gasteiger partial charge in [-0.25, -0.2) is 0 Å². The Morgan fingerprint density at radius 1 is 1.39 bits per heavy atom. The number of rotatable bonds is 4. The molecule has 1 heterocycles. The second-order valence-electron chi connectivity index (χ2n) is 5.60. The Balaban J connectivity index is 2.27. The van der Waals surface area contributed by atoms with E-state index in [2.05, 4.69) is 6.58 Å². The van der Waals surface area contributed by atoms with Crippen molar-refractivity contribution in [3.05, 3.63) is 12.2 Å². The van der Waals surface area contributed by atoms with E-state index in [4.69, 9.17) is 9.47 Å². The van der Waals surface area contributed by atoms with Crippen LogP contribution in [-0.2, 0) is 14.3 Å². The minimum atomic E-state index is -0.777. The second kappa shape index (κ2) is 5.02. The molecule has 18 heavy (non-hydrogen) atoms. The van der Waals surface area contributed by atoms with Crippen LogP contribution in [0.2, 0.25) is 0 Å². The molecule has 2 fully saturated rings. The number of allylic oxidation sites excluding steroid dienone is 1. The fourth-order valence-corrected chi connectivity index (χ4v) is 3.55. The summed E-state index contributed by atoms with van der Waals surface area (Å²) in [4.78, 5) is 11.9. The van der Waals surface area contributed by atoms with Crippen molar-refractivity contribution in [1.82, 2.24) is 0 Å². The number of carboxylic acids is 1. The molecule has 1 aliphatic carbocycles. The summed E-state index contributed by atoms with van der Waals surface area (Å²) < 4.78 is 10.9. The largest absolute Gasteiger partial charge is 0.481 e. The van der Waals surface area contributed by atoms with Gasteiger partial charge in [-0.1, -0.05) is 19.1 Å². The lowest BCUT2D eigenvalue weighted by Crippen LogP contribution is -2.43. The van der Waals surface area contributed by atoms with E-state index in [1.165, 1.54) is 0 Å². The maximum Gasteiger partial charge on any atom is 0.310 e. The maximum atomic E-state index is 11.9. The quantitative estimate of drug-likeness (QED) is 0.783. The summed E-state index contributed by atoms with van der Waals surface area (Å²) in [6.45, 7) is 9.05. The summed E-state index contributed by atoms with van der Waals surface area (Å²) in [5.74, 6) is -0.582. The lowest BCUT2D eigenvalue weighted by Gasteiger charge is -2.36. The van der Waals surface area contributed by atoms with Gasteiger partial charge in [0, 0.05) is 6.42 Å².